The Morgan fingerprint density at radius 2 is 1.88 bits per heavy atom. The predicted molar refractivity (Wildman–Crippen MR) is 67.7 cm³/mol. The first kappa shape index (κ1) is 12.6. The van der Waals surface area contributed by atoms with Crippen molar-refractivity contribution in [2.24, 2.45) is 0 Å². The first-order valence-electron chi connectivity index (χ1n) is 5.39. The standard InChI is InChI=1S/C12H18BNO2/c1-12(2,3)16-11(15)14-8-9-4-6-10(13)7-5-9/h4-7H,8,13H2,1-3H3,(H,14,15). The molecule has 16 heavy (non-hydrogen) atoms. The van der Waals surface area contributed by atoms with Gasteiger partial charge in [-0.25, -0.2) is 4.79 Å². The van der Waals surface area contributed by atoms with E-state index in [2.05, 4.69) is 5.32 Å². The predicted octanol–water partition coefficient (Wildman–Crippen LogP) is 0.970. The third-order valence-electron chi connectivity index (χ3n) is 1.96. The summed E-state index contributed by atoms with van der Waals surface area (Å²) in [7, 11) is 2.03. The van der Waals surface area contributed by atoms with Crippen molar-refractivity contribution < 1.29 is 9.53 Å². The van der Waals surface area contributed by atoms with E-state index in [-0.39, 0.29) is 6.09 Å². The Kier molecular flexibility index (Phi) is 3.99. The molecule has 0 heterocycles. The van der Waals surface area contributed by atoms with Gasteiger partial charge in [0.25, 0.3) is 0 Å². The van der Waals surface area contributed by atoms with Gasteiger partial charge in [0.05, 0.1) is 0 Å². The van der Waals surface area contributed by atoms with Crippen LogP contribution in [-0.2, 0) is 11.3 Å². The first-order chi connectivity index (χ1) is 7.37. The van der Waals surface area contributed by atoms with Gasteiger partial charge in [-0.05, 0) is 26.3 Å². The van der Waals surface area contributed by atoms with Gasteiger partial charge in [0.15, 0.2) is 0 Å². The van der Waals surface area contributed by atoms with Crippen molar-refractivity contribution in [3.05, 3.63) is 29.8 Å². The summed E-state index contributed by atoms with van der Waals surface area (Å²) in [4.78, 5) is 11.4. The molecule has 0 unspecified atom stereocenters. The molecule has 0 saturated carbocycles. The number of benzene rings is 1. The van der Waals surface area contributed by atoms with Gasteiger partial charge in [0.2, 0.25) is 0 Å². The second-order valence-corrected chi connectivity index (χ2v) is 4.84. The number of carbonyl (C=O) groups excluding carboxylic acids is 1. The van der Waals surface area contributed by atoms with Gasteiger partial charge in [-0.2, -0.15) is 0 Å². The first-order valence-corrected chi connectivity index (χ1v) is 5.39. The number of hydrogen-bond acceptors (Lipinski definition) is 2. The lowest BCUT2D eigenvalue weighted by Gasteiger charge is -2.19. The number of hydrogen-bond donors (Lipinski definition) is 1. The fourth-order valence-corrected chi connectivity index (χ4v) is 1.19. The van der Waals surface area contributed by atoms with Gasteiger partial charge in [0.1, 0.15) is 13.4 Å². The van der Waals surface area contributed by atoms with Crippen LogP contribution in [0.1, 0.15) is 26.3 Å². The summed E-state index contributed by atoms with van der Waals surface area (Å²) >= 11 is 0. The quantitative estimate of drug-likeness (QED) is 0.752. The average molecular weight is 219 g/mol. The molecule has 0 bridgehead atoms. The highest BCUT2D eigenvalue weighted by Crippen LogP contribution is 2.06. The summed E-state index contributed by atoms with van der Waals surface area (Å²) in [6.45, 7) is 6.03. The minimum Gasteiger partial charge on any atom is -0.444 e. The number of nitrogens with one attached hydrogen (secondary N) is 1. The van der Waals surface area contributed by atoms with E-state index in [1.165, 1.54) is 5.46 Å². The zero-order chi connectivity index (χ0) is 12.2. The molecule has 0 aliphatic carbocycles. The zero-order valence-corrected chi connectivity index (χ0v) is 10.3. The van der Waals surface area contributed by atoms with Crippen LogP contribution in [0.3, 0.4) is 0 Å². The molecule has 1 N–H and O–H groups in total. The third kappa shape index (κ3) is 4.87. The van der Waals surface area contributed by atoms with Crippen LogP contribution in [-0.4, -0.2) is 19.5 Å². The van der Waals surface area contributed by atoms with E-state index in [4.69, 9.17) is 4.74 Å². The van der Waals surface area contributed by atoms with Crippen LogP contribution in [0.15, 0.2) is 24.3 Å². The topological polar surface area (TPSA) is 38.3 Å². The van der Waals surface area contributed by atoms with Crippen LogP contribution < -0.4 is 10.8 Å². The molecule has 0 spiro atoms. The van der Waals surface area contributed by atoms with Crippen LogP contribution in [0, 0.1) is 0 Å². The monoisotopic (exact) mass is 219 g/mol. The van der Waals surface area contributed by atoms with Crippen molar-refractivity contribution in [1.29, 1.82) is 0 Å². The van der Waals surface area contributed by atoms with E-state index < -0.39 is 5.60 Å². The van der Waals surface area contributed by atoms with Crippen molar-refractivity contribution in [2.75, 3.05) is 0 Å². The Balaban J connectivity index is 2.40. The van der Waals surface area contributed by atoms with Gasteiger partial charge >= 0.3 is 6.09 Å². The van der Waals surface area contributed by atoms with Gasteiger partial charge < -0.3 is 10.1 Å². The molecule has 1 aromatic rings. The molecule has 1 amide bonds. The molecule has 0 atom stereocenters. The summed E-state index contributed by atoms with van der Waals surface area (Å²) < 4.78 is 5.13. The maximum Gasteiger partial charge on any atom is 0.407 e. The highest BCUT2D eigenvalue weighted by atomic mass is 16.6. The lowest BCUT2D eigenvalue weighted by Crippen LogP contribution is -2.32. The second kappa shape index (κ2) is 5.06. The van der Waals surface area contributed by atoms with Crippen LogP contribution in [0.25, 0.3) is 0 Å². The molecule has 0 fully saturated rings. The van der Waals surface area contributed by atoms with E-state index in [1.807, 2.05) is 52.9 Å². The zero-order valence-electron chi connectivity index (χ0n) is 10.3. The molecule has 1 rings (SSSR count). The molecule has 86 valence electrons. The molecule has 0 aromatic heterocycles. The Morgan fingerprint density at radius 1 is 1.31 bits per heavy atom. The van der Waals surface area contributed by atoms with Gasteiger partial charge in [-0.1, -0.05) is 29.7 Å². The van der Waals surface area contributed by atoms with Gasteiger partial charge in [-0.15, -0.1) is 0 Å². The van der Waals surface area contributed by atoms with Crippen molar-refractivity contribution in [2.45, 2.75) is 32.9 Å². The van der Waals surface area contributed by atoms with E-state index in [0.717, 1.165) is 5.56 Å². The average Bonchev–Trinajstić information content (AvgIpc) is 2.14. The highest BCUT2D eigenvalue weighted by Gasteiger charge is 2.15. The SMILES string of the molecule is Bc1ccc(CNC(=O)OC(C)(C)C)cc1. The molecular formula is C12H18BNO2. The Bertz CT molecular complexity index is 354. The fraction of sp³-hybridized carbons (Fsp3) is 0.417. The number of carbonyl (C=O) groups is 1. The minimum atomic E-state index is -0.447. The fourth-order valence-electron chi connectivity index (χ4n) is 1.19. The smallest absolute Gasteiger partial charge is 0.407 e. The number of amides is 1. The molecule has 0 aliphatic rings. The Labute approximate surface area is 97.6 Å². The normalized spacial score (nSPS) is 10.9. The van der Waals surface area contributed by atoms with Crippen molar-refractivity contribution in [3.63, 3.8) is 0 Å². The Hall–Kier alpha value is -1.45. The summed E-state index contributed by atoms with van der Waals surface area (Å²) in [5.41, 5.74) is 1.83. The van der Waals surface area contributed by atoms with Crippen LogP contribution >= 0.6 is 0 Å². The van der Waals surface area contributed by atoms with Crippen LogP contribution in [0.2, 0.25) is 0 Å². The summed E-state index contributed by atoms with van der Waals surface area (Å²) in [6, 6.07) is 8.03. The molecular weight excluding hydrogens is 201 g/mol. The molecule has 0 radical (unpaired) electrons. The van der Waals surface area contributed by atoms with E-state index in [0.29, 0.717) is 6.54 Å². The van der Waals surface area contributed by atoms with E-state index >= 15 is 0 Å². The molecule has 3 nitrogen and oxygen atoms in total. The van der Waals surface area contributed by atoms with Gasteiger partial charge in [0, 0.05) is 6.54 Å². The molecule has 1 aromatic carbocycles. The molecule has 0 saturated heterocycles. The maximum atomic E-state index is 11.4. The summed E-state index contributed by atoms with van der Waals surface area (Å²) in [5.74, 6) is 0. The summed E-state index contributed by atoms with van der Waals surface area (Å²) in [6.07, 6.45) is -0.381. The van der Waals surface area contributed by atoms with E-state index in [1.54, 1.807) is 0 Å². The van der Waals surface area contributed by atoms with Crippen molar-refractivity contribution in [3.8, 4) is 0 Å². The Morgan fingerprint density at radius 3 is 2.38 bits per heavy atom. The molecule has 0 aliphatic heterocycles. The van der Waals surface area contributed by atoms with Crippen molar-refractivity contribution in [1.82, 2.24) is 5.32 Å². The lowest BCUT2D eigenvalue weighted by molar-refractivity contribution is 0.0523. The number of rotatable bonds is 2. The van der Waals surface area contributed by atoms with E-state index in [9.17, 15) is 4.79 Å². The van der Waals surface area contributed by atoms with Crippen LogP contribution in [0.4, 0.5) is 4.79 Å². The third-order valence-corrected chi connectivity index (χ3v) is 1.96. The highest BCUT2D eigenvalue weighted by molar-refractivity contribution is 6.32. The largest absolute Gasteiger partial charge is 0.444 e. The number of ether oxygens (including phenoxy) is 1. The second-order valence-electron chi connectivity index (χ2n) is 4.84. The number of alkyl carbamates (subject to hydrolysis) is 1. The van der Waals surface area contributed by atoms with Crippen LogP contribution in [0.5, 0.6) is 0 Å². The van der Waals surface area contributed by atoms with Gasteiger partial charge in [-0.3, -0.25) is 0 Å². The lowest BCUT2D eigenvalue weighted by atomic mass is 9.95. The van der Waals surface area contributed by atoms with Crippen molar-refractivity contribution >= 4 is 19.4 Å². The molecule has 4 heteroatoms. The maximum absolute atomic E-state index is 11.4. The summed E-state index contributed by atoms with van der Waals surface area (Å²) in [5, 5.41) is 2.71. The minimum absolute atomic E-state index is 0.381.